The summed E-state index contributed by atoms with van der Waals surface area (Å²) in [6, 6.07) is 0. The van der Waals surface area contributed by atoms with Crippen molar-refractivity contribution in [2.45, 2.75) is 124 Å². The molecule has 0 aromatic heterocycles. The maximum atomic E-state index is 2.57. The molecule has 0 radical (unpaired) electrons. The van der Waals surface area contributed by atoms with Crippen LogP contribution in [0.5, 0.6) is 0 Å². The van der Waals surface area contributed by atoms with E-state index in [1.165, 1.54) is 116 Å². The lowest BCUT2D eigenvalue weighted by molar-refractivity contribution is 0.303. The zero-order chi connectivity index (χ0) is 18.4. The third-order valence-corrected chi connectivity index (χ3v) is 5.08. The number of unbranched alkanes of at least 4 members (excludes halogenated alkanes) is 13. The van der Waals surface area contributed by atoms with Gasteiger partial charge in [0.2, 0.25) is 0 Å². The average Bonchev–Trinajstić information content (AvgIpc) is 2.61. The highest BCUT2D eigenvalue weighted by Crippen LogP contribution is 2.13. The van der Waals surface area contributed by atoms with Gasteiger partial charge in [-0.1, -0.05) is 110 Å². The van der Waals surface area contributed by atoms with E-state index in [0.29, 0.717) is 0 Å². The van der Waals surface area contributed by atoms with Crippen LogP contribution in [0.2, 0.25) is 0 Å². The van der Waals surface area contributed by atoms with Crippen LogP contribution in [0.1, 0.15) is 124 Å². The van der Waals surface area contributed by atoms with Crippen molar-refractivity contribution < 1.29 is 0 Å². The zero-order valence-electron chi connectivity index (χ0n) is 18.0. The fourth-order valence-electron chi connectivity index (χ4n) is 3.55. The highest BCUT2D eigenvalue weighted by Gasteiger charge is 1.98. The molecule has 0 N–H and O–H groups in total. The smallest absolute Gasteiger partial charge is 0.0163 e. The standard InChI is InChI=1S/C24H49N/c1-4-7-8-9-10-11-12-13-14-15-16-17-18-19-20-21-24-25(22-5-2)23-6-3/h20-21H,4-19,22-24H2,1-3H3. The molecule has 0 fully saturated rings. The van der Waals surface area contributed by atoms with Crippen LogP contribution in [-0.4, -0.2) is 24.5 Å². The average molecular weight is 352 g/mol. The first-order chi connectivity index (χ1) is 12.3. The Morgan fingerprint density at radius 1 is 0.480 bits per heavy atom. The third kappa shape index (κ3) is 19.9. The van der Waals surface area contributed by atoms with Crippen LogP contribution in [0.15, 0.2) is 12.2 Å². The molecule has 0 aliphatic carbocycles. The van der Waals surface area contributed by atoms with E-state index in [1.807, 2.05) is 0 Å². The quantitative estimate of drug-likeness (QED) is 0.158. The van der Waals surface area contributed by atoms with Crippen LogP contribution < -0.4 is 0 Å². The molecular weight excluding hydrogens is 302 g/mol. The van der Waals surface area contributed by atoms with Crippen molar-refractivity contribution in [3.63, 3.8) is 0 Å². The number of hydrogen-bond donors (Lipinski definition) is 0. The van der Waals surface area contributed by atoms with Gasteiger partial charge in [-0.05, 0) is 38.8 Å². The first-order valence-corrected chi connectivity index (χ1v) is 11.7. The molecular formula is C24H49N. The first-order valence-electron chi connectivity index (χ1n) is 11.7. The number of hydrogen-bond acceptors (Lipinski definition) is 1. The lowest BCUT2D eigenvalue weighted by atomic mass is 10.0. The largest absolute Gasteiger partial charge is 0.300 e. The molecule has 0 saturated heterocycles. The molecule has 0 aliphatic rings. The number of rotatable bonds is 20. The zero-order valence-corrected chi connectivity index (χ0v) is 18.0. The Kier molecular flexibility index (Phi) is 21.5. The predicted molar refractivity (Wildman–Crippen MR) is 116 cm³/mol. The Balaban J connectivity index is 3.23. The number of allylic oxidation sites excluding steroid dienone is 1. The topological polar surface area (TPSA) is 3.24 Å². The van der Waals surface area contributed by atoms with E-state index in [4.69, 9.17) is 0 Å². The minimum absolute atomic E-state index is 1.15. The molecule has 0 aromatic rings. The van der Waals surface area contributed by atoms with E-state index in [1.54, 1.807) is 0 Å². The minimum atomic E-state index is 1.15. The van der Waals surface area contributed by atoms with Gasteiger partial charge in [-0.3, -0.25) is 4.90 Å². The Morgan fingerprint density at radius 3 is 1.36 bits per heavy atom. The molecule has 0 saturated carbocycles. The highest BCUT2D eigenvalue weighted by molar-refractivity contribution is 4.84. The van der Waals surface area contributed by atoms with E-state index in [9.17, 15) is 0 Å². The number of nitrogens with zero attached hydrogens (tertiary/aromatic N) is 1. The second-order valence-electron chi connectivity index (χ2n) is 7.80. The molecule has 0 bridgehead atoms. The summed E-state index contributed by atoms with van der Waals surface area (Å²) in [5.41, 5.74) is 0. The van der Waals surface area contributed by atoms with Crippen molar-refractivity contribution in [1.29, 1.82) is 0 Å². The molecule has 0 unspecified atom stereocenters. The van der Waals surface area contributed by atoms with Crippen molar-refractivity contribution in [3.05, 3.63) is 12.2 Å². The highest BCUT2D eigenvalue weighted by atomic mass is 15.1. The third-order valence-electron chi connectivity index (χ3n) is 5.08. The molecule has 150 valence electrons. The summed E-state index contributed by atoms with van der Waals surface area (Å²) in [4.78, 5) is 2.57. The van der Waals surface area contributed by atoms with Gasteiger partial charge in [0.15, 0.2) is 0 Å². The lowest BCUT2D eigenvalue weighted by Gasteiger charge is -2.18. The van der Waals surface area contributed by atoms with E-state index in [0.717, 1.165) is 6.54 Å². The lowest BCUT2D eigenvalue weighted by Crippen LogP contribution is -2.25. The first kappa shape index (κ1) is 24.7. The Morgan fingerprint density at radius 2 is 0.920 bits per heavy atom. The molecule has 0 aromatic carbocycles. The predicted octanol–water partition coefficient (Wildman–Crippen LogP) is 8.15. The second kappa shape index (κ2) is 21.7. The van der Waals surface area contributed by atoms with E-state index in [2.05, 4.69) is 37.8 Å². The van der Waals surface area contributed by atoms with Crippen LogP contribution >= 0.6 is 0 Å². The van der Waals surface area contributed by atoms with Crippen LogP contribution in [0, 0.1) is 0 Å². The summed E-state index contributed by atoms with van der Waals surface area (Å²) in [5.74, 6) is 0. The molecule has 0 spiro atoms. The van der Waals surface area contributed by atoms with Crippen molar-refractivity contribution in [3.8, 4) is 0 Å². The van der Waals surface area contributed by atoms with Crippen LogP contribution in [-0.2, 0) is 0 Å². The fraction of sp³-hybridized carbons (Fsp3) is 0.917. The summed E-state index contributed by atoms with van der Waals surface area (Å²) in [6.07, 6.45) is 27.4. The van der Waals surface area contributed by atoms with Gasteiger partial charge in [0, 0.05) is 6.54 Å². The van der Waals surface area contributed by atoms with Crippen molar-refractivity contribution in [2.24, 2.45) is 0 Å². The van der Waals surface area contributed by atoms with Gasteiger partial charge in [-0.2, -0.15) is 0 Å². The SMILES string of the molecule is CCCCCCCCCCCCCCCC=CCN(CCC)CCC. The summed E-state index contributed by atoms with van der Waals surface area (Å²) in [7, 11) is 0. The van der Waals surface area contributed by atoms with Gasteiger partial charge in [-0.25, -0.2) is 0 Å². The molecule has 1 heteroatoms. The second-order valence-corrected chi connectivity index (χ2v) is 7.80. The summed E-state index contributed by atoms with van der Waals surface area (Å²) < 4.78 is 0. The minimum Gasteiger partial charge on any atom is -0.300 e. The maximum Gasteiger partial charge on any atom is 0.0163 e. The Labute approximate surface area is 160 Å². The summed E-state index contributed by atoms with van der Waals surface area (Å²) >= 11 is 0. The van der Waals surface area contributed by atoms with Gasteiger partial charge >= 0.3 is 0 Å². The van der Waals surface area contributed by atoms with E-state index >= 15 is 0 Å². The molecule has 0 rings (SSSR count). The summed E-state index contributed by atoms with van der Waals surface area (Å²) in [5, 5.41) is 0. The monoisotopic (exact) mass is 351 g/mol. The Bertz CT molecular complexity index is 253. The van der Waals surface area contributed by atoms with Gasteiger partial charge in [0.1, 0.15) is 0 Å². The van der Waals surface area contributed by atoms with Gasteiger partial charge in [0.25, 0.3) is 0 Å². The van der Waals surface area contributed by atoms with Crippen LogP contribution in [0.3, 0.4) is 0 Å². The van der Waals surface area contributed by atoms with E-state index < -0.39 is 0 Å². The molecule has 25 heavy (non-hydrogen) atoms. The molecule has 0 atom stereocenters. The fourth-order valence-corrected chi connectivity index (χ4v) is 3.55. The Hall–Kier alpha value is -0.300. The molecule has 0 amide bonds. The molecule has 0 heterocycles. The summed E-state index contributed by atoms with van der Waals surface area (Å²) in [6.45, 7) is 10.5. The van der Waals surface area contributed by atoms with Crippen molar-refractivity contribution in [2.75, 3.05) is 19.6 Å². The molecule has 0 aliphatic heterocycles. The maximum absolute atomic E-state index is 2.57. The van der Waals surface area contributed by atoms with Crippen molar-refractivity contribution in [1.82, 2.24) is 4.90 Å². The van der Waals surface area contributed by atoms with Gasteiger partial charge in [0.05, 0.1) is 0 Å². The van der Waals surface area contributed by atoms with Gasteiger partial charge < -0.3 is 0 Å². The van der Waals surface area contributed by atoms with Crippen LogP contribution in [0.4, 0.5) is 0 Å². The van der Waals surface area contributed by atoms with E-state index in [-0.39, 0.29) is 0 Å². The molecule has 1 nitrogen and oxygen atoms in total. The van der Waals surface area contributed by atoms with Crippen LogP contribution in [0.25, 0.3) is 0 Å². The normalized spacial score (nSPS) is 11.8. The van der Waals surface area contributed by atoms with Crippen molar-refractivity contribution >= 4 is 0 Å². The van der Waals surface area contributed by atoms with Gasteiger partial charge in [-0.15, -0.1) is 0 Å².